The first kappa shape index (κ1) is 15.0. The van der Waals surface area contributed by atoms with Crippen molar-refractivity contribution in [3.63, 3.8) is 0 Å². The van der Waals surface area contributed by atoms with Crippen LogP contribution in [0.4, 0.5) is 5.82 Å². The van der Waals surface area contributed by atoms with Crippen LogP contribution >= 0.6 is 0 Å². The molecule has 4 heteroatoms. The molecule has 22 heavy (non-hydrogen) atoms. The lowest BCUT2D eigenvalue weighted by molar-refractivity contribution is 0.724. The summed E-state index contributed by atoms with van der Waals surface area (Å²) >= 11 is 0. The maximum Gasteiger partial charge on any atom is 0.161 e. The molecule has 0 saturated carbocycles. The van der Waals surface area contributed by atoms with Crippen LogP contribution in [0.2, 0.25) is 0 Å². The molecule has 2 heterocycles. The van der Waals surface area contributed by atoms with Gasteiger partial charge in [0.1, 0.15) is 5.82 Å². The number of nitrogens with one attached hydrogen (secondary N) is 1. The molecule has 4 nitrogen and oxygen atoms in total. The van der Waals surface area contributed by atoms with Crippen molar-refractivity contribution in [3.05, 3.63) is 42.1 Å². The summed E-state index contributed by atoms with van der Waals surface area (Å²) in [6.45, 7) is 6.38. The molecule has 1 N–H and O–H groups in total. The summed E-state index contributed by atoms with van der Waals surface area (Å²) in [6.07, 6.45) is 3.27. The van der Waals surface area contributed by atoms with Gasteiger partial charge in [0.05, 0.1) is 0 Å². The number of rotatable bonds is 4. The Bertz CT molecular complexity index is 589. The number of anilines is 1. The van der Waals surface area contributed by atoms with Crippen LogP contribution in [0.15, 0.2) is 36.4 Å². The van der Waals surface area contributed by atoms with Gasteiger partial charge in [-0.05, 0) is 19.4 Å². The molecule has 1 aliphatic heterocycles. The molecule has 2 aromatic rings. The molecule has 116 valence electrons. The van der Waals surface area contributed by atoms with E-state index in [0.29, 0.717) is 0 Å². The summed E-state index contributed by atoms with van der Waals surface area (Å²) in [4.78, 5) is 12.0. The summed E-state index contributed by atoms with van der Waals surface area (Å²) < 4.78 is 0. The molecule has 0 atom stereocenters. The normalized spacial score (nSPS) is 15.6. The predicted molar refractivity (Wildman–Crippen MR) is 91.2 cm³/mol. The smallest absolute Gasteiger partial charge is 0.161 e. The monoisotopic (exact) mass is 296 g/mol. The SMILES string of the molecule is CCCc1cc(N2CCCNCC2)nc(-c2ccccc2)n1. The lowest BCUT2D eigenvalue weighted by Gasteiger charge is -2.22. The fourth-order valence-electron chi connectivity index (χ4n) is 2.82. The highest BCUT2D eigenvalue weighted by molar-refractivity contribution is 5.58. The standard InChI is InChI=1S/C18H24N4/c1-2-7-16-14-17(22-12-6-10-19-11-13-22)21-18(20-16)15-8-4-3-5-9-15/h3-5,8-9,14,19H,2,6-7,10-13H2,1H3. The highest BCUT2D eigenvalue weighted by atomic mass is 15.2. The second-order valence-corrected chi connectivity index (χ2v) is 5.75. The van der Waals surface area contributed by atoms with Crippen molar-refractivity contribution in [1.29, 1.82) is 0 Å². The zero-order valence-corrected chi connectivity index (χ0v) is 13.3. The van der Waals surface area contributed by atoms with Crippen LogP contribution in [0.3, 0.4) is 0 Å². The average molecular weight is 296 g/mol. The Kier molecular flexibility index (Phi) is 5.01. The Balaban J connectivity index is 1.96. The van der Waals surface area contributed by atoms with Gasteiger partial charge in [-0.1, -0.05) is 43.7 Å². The molecule has 0 radical (unpaired) electrons. The third kappa shape index (κ3) is 3.63. The number of hydrogen-bond acceptors (Lipinski definition) is 4. The zero-order valence-electron chi connectivity index (χ0n) is 13.3. The Hall–Kier alpha value is -1.94. The molecule has 0 amide bonds. The first-order valence-electron chi connectivity index (χ1n) is 8.26. The van der Waals surface area contributed by atoms with Crippen LogP contribution in [0.5, 0.6) is 0 Å². The molecule has 1 aromatic heterocycles. The number of hydrogen-bond donors (Lipinski definition) is 1. The van der Waals surface area contributed by atoms with Crippen molar-refractivity contribution >= 4 is 5.82 Å². The maximum absolute atomic E-state index is 4.84. The third-order valence-corrected chi connectivity index (χ3v) is 3.97. The quantitative estimate of drug-likeness (QED) is 0.942. The Labute approximate surface area is 132 Å². The van der Waals surface area contributed by atoms with Crippen LogP contribution in [0, 0.1) is 0 Å². The molecular weight excluding hydrogens is 272 g/mol. The van der Waals surface area contributed by atoms with Gasteiger partial charge in [0.15, 0.2) is 5.82 Å². The highest BCUT2D eigenvalue weighted by Crippen LogP contribution is 2.21. The van der Waals surface area contributed by atoms with E-state index in [4.69, 9.17) is 9.97 Å². The van der Waals surface area contributed by atoms with E-state index in [1.54, 1.807) is 0 Å². The average Bonchev–Trinajstić information content (AvgIpc) is 2.85. The van der Waals surface area contributed by atoms with Gasteiger partial charge in [-0.15, -0.1) is 0 Å². The molecule has 1 aliphatic rings. The predicted octanol–water partition coefficient (Wildman–Crippen LogP) is 2.90. The molecule has 1 aromatic carbocycles. The van der Waals surface area contributed by atoms with Gasteiger partial charge in [-0.2, -0.15) is 0 Å². The van der Waals surface area contributed by atoms with Gasteiger partial charge in [0.25, 0.3) is 0 Å². The molecular formula is C18H24N4. The second-order valence-electron chi connectivity index (χ2n) is 5.75. The molecule has 0 unspecified atom stereocenters. The van der Waals surface area contributed by atoms with Gasteiger partial charge in [-0.3, -0.25) is 0 Å². The summed E-state index contributed by atoms with van der Waals surface area (Å²) in [5.41, 5.74) is 2.23. The number of benzene rings is 1. The van der Waals surface area contributed by atoms with Crippen molar-refractivity contribution < 1.29 is 0 Å². The Morgan fingerprint density at radius 2 is 1.95 bits per heavy atom. The lowest BCUT2D eigenvalue weighted by atomic mass is 10.2. The van der Waals surface area contributed by atoms with E-state index in [2.05, 4.69) is 35.3 Å². The summed E-state index contributed by atoms with van der Waals surface area (Å²) in [7, 11) is 0. The maximum atomic E-state index is 4.84. The van der Waals surface area contributed by atoms with Crippen LogP contribution in [-0.2, 0) is 6.42 Å². The van der Waals surface area contributed by atoms with Crippen LogP contribution in [-0.4, -0.2) is 36.1 Å². The van der Waals surface area contributed by atoms with E-state index in [9.17, 15) is 0 Å². The van der Waals surface area contributed by atoms with Crippen molar-refractivity contribution in [2.75, 3.05) is 31.1 Å². The zero-order chi connectivity index (χ0) is 15.2. The fraction of sp³-hybridized carbons (Fsp3) is 0.444. The van der Waals surface area contributed by atoms with Gasteiger partial charge in [-0.25, -0.2) is 9.97 Å². The highest BCUT2D eigenvalue weighted by Gasteiger charge is 2.14. The minimum Gasteiger partial charge on any atom is -0.355 e. The molecule has 1 fully saturated rings. The van der Waals surface area contributed by atoms with E-state index < -0.39 is 0 Å². The first-order chi connectivity index (χ1) is 10.9. The topological polar surface area (TPSA) is 41.0 Å². The largest absolute Gasteiger partial charge is 0.355 e. The van der Waals surface area contributed by atoms with Crippen LogP contribution in [0.25, 0.3) is 11.4 Å². The Morgan fingerprint density at radius 1 is 1.09 bits per heavy atom. The Morgan fingerprint density at radius 3 is 2.77 bits per heavy atom. The molecule has 0 spiro atoms. The minimum absolute atomic E-state index is 0.846. The third-order valence-electron chi connectivity index (χ3n) is 3.97. The van der Waals surface area contributed by atoms with Gasteiger partial charge >= 0.3 is 0 Å². The summed E-state index contributed by atoms with van der Waals surface area (Å²) in [5.74, 6) is 1.92. The number of nitrogens with zero attached hydrogens (tertiary/aromatic N) is 3. The van der Waals surface area contributed by atoms with E-state index in [1.165, 1.54) is 0 Å². The van der Waals surface area contributed by atoms with Crippen molar-refractivity contribution in [2.24, 2.45) is 0 Å². The molecule has 0 aliphatic carbocycles. The van der Waals surface area contributed by atoms with Gasteiger partial charge < -0.3 is 10.2 Å². The van der Waals surface area contributed by atoms with Crippen molar-refractivity contribution in [1.82, 2.24) is 15.3 Å². The number of aryl methyl sites for hydroxylation is 1. The number of aromatic nitrogens is 2. The molecule has 3 rings (SSSR count). The van der Waals surface area contributed by atoms with Gasteiger partial charge in [0, 0.05) is 37.0 Å². The lowest BCUT2D eigenvalue weighted by Crippen LogP contribution is -2.29. The fourth-order valence-corrected chi connectivity index (χ4v) is 2.82. The van der Waals surface area contributed by atoms with Crippen molar-refractivity contribution in [3.8, 4) is 11.4 Å². The summed E-state index contributed by atoms with van der Waals surface area (Å²) in [5, 5.41) is 3.45. The van der Waals surface area contributed by atoms with Gasteiger partial charge in [0.2, 0.25) is 0 Å². The first-order valence-corrected chi connectivity index (χ1v) is 8.26. The van der Waals surface area contributed by atoms with E-state index >= 15 is 0 Å². The second kappa shape index (κ2) is 7.36. The summed E-state index contributed by atoms with van der Waals surface area (Å²) in [6, 6.07) is 12.4. The minimum atomic E-state index is 0.846. The molecule has 0 bridgehead atoms. The van der Waals surface area contributed by atoms with Crippen LogP contribution < -0.4 is 10.2 Å². The van der Waals surface area contributed by atoms with E-state index in [1.807, 2.05) is 18.2 Å². The van der Waals surface area contributed by atoms with Crippen molar-refractivity contribution in [2.45, 2.75) is 26.2 Å². The van der Waals surface area contributed by atoms with Crippen LogP contribution in [0.1, 0.15) is 25.5 Å². The molecule has 1 saturated heterocycles. The van der Waals surface area contributed by atoms with E-state index in [0.717, 1.165) is 68.3 Å². The van der Waals surface area contributed by atoms with E-state index in [-0.39, 0.29) is 0 Å².